The van der Waals surface area contributed by atoms with E-state index in [9.17, 15) is 0 Å². The molecule has 9 aliphatic rings. The minimum Gasteiger partial charge on any atom is -0.486 e. The Kier molecular flexibility index (Phi) is 19.0. The van der Waals surface area contributed by atoms with Crippen molar-refractivity contribution in [2.75, 3.05) is 0 Å². The van der Waals surface area contributed by atoms with Crippen molar-refractivity contribution in [2.45, 2.75) is 150 Å². The molecule has 16 nitrogen and oxygen atoms in total. The first-order valence-corrected chi connectivity index (χ1v) is 35.4. The van der Waals surface area contributed by atoms with Crippen LogP contribution in [0.4, 0.5) is 0 Å². The van der Waals surface area contributed by atoms with Gasteiger partial charge in [0, 0.05) is 23.7 Å². The normalized spacial score (nSPS) is 36.1. The molecule has 4 aliphatic carbocycles. The lowest BCUT2D eigenvalue weighted by molar-refractivity contribution is -0.155. The molecule has 5 aliphatic heterocycles. The zero-order valence-electron chi connectivity index (χ0n) is 53.9. The van der Waals surface area contributed by atoms with E-state index >= 15 is 0 Å². The van der Waals surface area contributed by atoms with Gasteiger partial charge in [-0.05, 0) is 157 Å². The van der Waals surface area contributed by atoms with Gasteiger partial charge in [0.1, 0.15) is 70.4 Å². The van der Waals surface area contributed by atoms with Crippen LogP contribution in [0.5, 0.6) is 46.0 Å². The molecule has 0 radical (unpaired) electrons. The van der Waals surface area contributed by atoms with E-state index in [0.717, 1.165) is 48.7 Å². The summed E-state index contributed by atoms with van der Waals surface area (Å²) in [7, 11) is 0. The second kappa shape index (κ2) is 28.9. The van der Waals surface area contributed by atoms with Gasteiger partial charge in [-0.25, -0.2) is 0 Å². The van der Waals surface area contributed by atoms with E-state index < -0.39 is 61.2 Å². The molecule has 24 atom stereocenters. The van der Waals surface area contributed by atoms with Crippen LogP contribution in [0, 0.1) is 47.3 Å². The SMILES string of the molecule is [SiH4].c1ccc(OC2C(Oc3ccccc3)C(Oc3ccccc3)C3C4NC(NC5NC(NC6NC(NC7NC(N4)C4C(Oc8ccccc8)C(Oc8ccccc8)C(Oc8ccccc8)C(Oc8ccccc8)C74)C4CCCCC64)C4CCCCC54)C3C2Oc2ccccc2)cc1. The Labute approximate surface area is 574 Å². The molecule has 17 rings (SSSR count). The maximum atomic E-state index is 7.73. The molecular formula is C80H92N8O8Si. The average molecular weight is 1320 g/mol. The lowest BCUT2D eigenvalue weighted by Gasteiger charge is -2.51. The van der Waals surface area contributed by atoms with Gasteiger partial charge in [-0.3, -0.25) is 42.5 Å². The molecule has 8 aromatic carbocycles. The first-order chi connectivity index (χ1) is 47.6. The number of nitrogens with one attached hydrogen (secondary N) is 8. The highest BCUT2D eigenvalue weighted by atomic mass is 28.1. The summed E-state index contributed by atoms with van der Waals surface area (Å²) in [5.41, 5.74) is 0. The van der Waals surface area contributed by atoms with E-state index in [1.807, 2.05) is 218 Å². The van der Waals surface area contributed by atoms with E-state index in [0.29, 0.717) is 46.7 Å². The van der Waals surface area contributed by atoms with E-state index in [1.165, 1.54) is 25.7 Å². The topological polar surface area (TPSA) is 170 Å². The molecule has 8 N–H and O–H groups in total. The summed E-state index contributed by atoms with van der Waals surface area (Å²) in [6, 6.07) is 81.3. The number of ether oxygens (including phenoxy) is 8. The number of rotatable bonds is 16. The third-order valence-electron chi connectivity index (χ3n) is 22.3. The monoisotopic (exact) mass is 1320 g/mol. The molecular weight excluding hydrogens is 1230 g/mol. The van der Waals surface area contributed by atoms with Gasteiger partial charge in [0.05, 0.1) is 49.3 Å². The van der Waals surface area contributed by atoms with Crippen molar-refractivity contribution in [3.05, 3.63) is 243 Å². The van der Waals surface area contributed by atoms with E-state index in [4.69, 9.17) is 37.9 Å². The Bertz CT molecular complexity index is 3520. The third kappa shape index (κ3) is 13.2. The fourth-order valence-corrected chi connectivity index (χ4v) is 18.4. The summed E-state index contributed by atoms with van der Waals surface area (Å²) in [5.74, 6) is 5.78. The number of hydrogen-bond acceptors (Lipinski definition) is 16. The van der Waals surface area contributed by atoms with E-state index in [1.54, 1.807) is 0 Å². The van der Waals surface area contributed by atoms with Gasteiger partial charge < -0.3 is 37.9 Å². The highest BCUT2D eigenvalue weighted by molar-refractivity contribution is 5.75. The second-order valence-corrected chi connectivity index (χ2v) is 27.9. The molecule has 5 heterocycles. The molecule has 0 spiro atoms. The molecule has 0 amide bonds. The number of fused-ring (bicyclic) bond motifs is 20. The highest BCUT2D eigenvalue weighted by Gasteiger charge is 2.68. The zero-order chi connectivity index (χ0) is 63.7. The second-order valence-electron chi connectivity index (χ2n) is 27.9. The fraction of sp³-hybridized carbons (Fsp3) is 0.400. The molecule has 17 heteroatoms. The van der Waals surface area contributed by atoms with Crippen molar-refractivity contribution in [3.63, 3.8) is 0 Å². The fourth-order valence-electron chi connectivity index (χ4n) is 18.4. The van der Waals surface area contributed by atoms with Crippen molar-refractivity contribution in [1.29, 1.82) is 0 Å². The van der Waals surface area contributed by atoms with Gasteiger partial charge in [0.15, 0.2) is 24.4 Å². The van der Waals surface area contributed by atoms with Crippen LogP contribution in [0.3, 0.4) is 0 Å². The molecule has 504 valence electrons. The van der Waals surface area contributed by atoms with Crippen LogP contribution in [-0.2, 0) is 0 Å². The molecule has 97 heavy (non-hydrogen) atoms. The van der Waals surface area contributed by atoms with Crippen molar-refractivity contribution in [1.82, 2.24) is 42.5 Å². The Hall–Kier alpha value is -7.94. The van der Waals surface area contributed by atoms with E-state index in [-0.39, 0.29) is 71.6 Å². The van der Waals surface area contributed by atoms with Crippen LogP contribution in [0.1, 0.15) is 51.4 Å². The van der Waals surface area contributed by atoms with Crippen LogP contribution in [0.2, 0.25) is 0 Å². The van der Waals surface area contributed by atoms with Crippen LogP contribution in [0.15, 0.2) is 243 Å². The first kappa shape index (κ1) is 63.8. The zero-order valence-corrected chi connectivity index (χ0v) is 53.9. The summed E-state index contributed by atoms with van der Waals surface area (Å²) in [6.45, 7) is 0. The third-order valence-corrected chi connectivity index (χ3v) is 22.3. The maximum Gasteiger partial charge on any atom is 0.176 e. The maximum absolute atomic E-state index is 7.73. The van der Waals surface area contributed by atoms with Gasteiger partial charge in [0.25, 0.3) is 0 Å². The van der Waals surface area contributed by atoms with Gasteiger partial charge >= 0.3 is 0 Å². The highest BCUT2D eigenvalue weighted by Crippen LogP contribution is 2.51. The van der Waals surface area contributed by atoms with Crippen molar-refractivity contribution < 1.29 is 37.9 Å². The molecule has 5 saturated heterocycles. The minimum atomic E-state index is -0.751. The molecule has 8 aromatic rings. The van der Waals surface area contributed by atoms with Crippen LogP contribution in [0.25, 0.3) is 0 Å². The van der Waals surface area contributed by atoms with Crippen molar-refractivity contribution in [2.24, 2.45) is 47.3 Å². The molecule has 8 bridgehead atoms. The van der Waals surface area contributed by atoms with Crippen LogP contribution < -0.4 is 80.4 Å². The van der Waals surface area contributed by atoms with Gasteiger partial charge in [-0.15, -0.1) is 0 Å². The molecule has 24 unspecified atom stereocenters. The number of benzene rings is 8. The van der Waals surface area contributed by atoms with Gasteiger partial charge in [0.2, 0.25) is 0 Å². The lowest BCUT2D eigenvalue weighted by Crippen LogP contribution is -2.70. The van der Waals surface area contributed by atoms with Crippen LogP contribution in [-0.4, -0.2) is 109 Å². The van der Waals surface area contributed by atoms with Crippen LogP contribution >= 0.6 is 0 Å². The summed E-state index contributed by atoms with van der Waals surface area (Å²) >= 11 is 0. The molecule has 0 aromatic heterocycles. The Balaban J connectivity index is 0.00000738. The average Bonchev–Trinajstić information content (AvgIpc) is 1.62. The molecule has 4 saturated carbocycles. The summed E-state index contributed by atoms with van der Waals surface area (Å²) in [6.07, 6.45) is 2.02. The smallest absolute Gasteiger partial charge is 0.176 e. The standard InChI is InChI=1S/C80H88N8O8.H4Si/c1-9-29-49(30-10-1)89-65-61-63(67(91-51-33-13-3-14-34-51)71(95-55-41-21-7-22-42-55)69(65)93-53-37-17-5-18-38-53)79-86-77(61)84-75-59-47-27-25-45-57(59)73(82-75)81-74-58-46-26-28-48-60(58)76(83-74)85-78-62-64(80(87-78)88-79)68(92-52-35-15-4-16-36-52)72(96-56-43-23-8-24-44-56)70(94-54-39-19-6-20-40-54)66(62)90-50-31-11-2-12-32-50;/h1-24,29-44,57-88H,25-28,45-48H2;1H4. The predicted molar refractivity (Wildman–Crippen MR) is 378 cm³/mol. The quantitative estimate of drug-likeness (QED) is 0.0430. The summed E-state index contributed by atoms with van der Waals surface area (Å²) in [5, 5.41) is 35.2. The summed E-state index contributed by atoms with van der Waals surface area (Å²) < 4.78 is 61.0. The molecule has 9 fully saturated rings. The first-order valence-electron chi connectivity index (χ1n) is 35.4. The Morgan fingerprint density at radius 3 is 0.505 bits per heavy atom. The largest absolute Gasteiger partial charge is 0.486 e. The Morgan fingerprint density at radius 2 is 0.330 bits per heavy atom. The van der Waals surface area contributed by atoms with Gasteiger partial charge in [-0.1, -0.05) is 171 Å². The lowest BCUT2D eigenvalue weighted by atomic mass is 9.70. The van der Waals surface area contributed by atoms with E-state index in [2.05, 4.69) is 66.8 Å². The number of para-hydroxylation sites is 8. The van der Waals surface area contributed by atoms with Gasteiger partial charge in [-0.2, -0.15) is 0 Å². The minimum absolute atomic E-state index is 0. The number of hydrogen-bond donors (Lipinski definition) is 8. The Morgan fingerprint density at radius 1 is 0.186 bits per heavy atom. The van der Waals surface area contributed by atoms with Crippen molar-refractivity contribution in [3.8, 4) is 46.0 Å². The van der Waals surface area contributed by atoms with Crippen molar-refractivity contribution >= 4 is 11.0 Å². The summed E-state index contributed by atoms with van der Waals surface area (Å²) in [4.78, 5) is 0. The predicted octanol–water partition coefficient (Wildman–Crippen LogP) is 9.61.